The fraction of sp³-hybridized carbons (Fsp3) is 0. The first-order chi connectivity index (χ1) is 31.8. The Hall–Kier alpha value is -7.77. The molecule has 0 unspecified atom stereocenters. The molecular weight excluding hydrogens is 805 g/mol. The van der Waals surface area contributed by atoms with Crippen molar-refractivity contribution in [1.29, 1.82) is 0 Å². The summed E-state index contributed by atoms with van der Waals surface area (Å²) in [7, 11) is -5.37. The summed E-state index contributed by atoms with van der Waals surface area (Å²) in [6.07, 6.45) is 0. The first kappa shape index (κ1) is 38.0. The van der Waals surface area contributed by atoms with Crippen molar-refractivity contribution in [2.45, 2.75) is 0 Å². The molecule has 10 aromatic rings. The number of para-hydroxylation sites is 4. The minimum atomic E-state index is -2.69. The van der Waals surface area contributed by atoms with E-state index in [2.05, 4.69) is 277 Å². The highest BCUT2D eigenvalue weighted by Crippen LogP contribution is 2.42. The predicted molar refractivity (Wildman–Crippen MR) is 276 cm³/mol. The van der Waals surface area contributed by atoms with Crippen LogP contribution < -0.4 is 51.3 Å². The Morgan fingerprint density at radius 2 is 0.531 bits per heavy atom. The third kappa shape index (κ3) is 5.70. The number of anilines is 6. The third-order valence-corrected chi connectivity index (χ3v) is 23.3. The lowest BCUT2D eigenvalue weighted by Crippen LogP contribution is -2.77. The molecule has 0 aliphatic carbocycles. The van der Waals surface area contributed by atoms with E-state index in [9.17, 15) is 0 Å². The standard InChI is InChI=1S/C60H44N2Si2/c1-5-24-49(25-6-1)63(50-26-7-2-8-27-50)57-36-17-13-32-53(57)61(54-33-14-18-37-58(54)63)47-42-40-45(41-43-47)46-22-21-23-48(44-46)62-55-34-15-19-38-59(55)64(51-28-9-3-10-29-51,52-30-11-4-12-31-52)60-39-20-16-35-56(60)62/h1-44H. The highest BCUT2D eigenvalue weighted by atomic mass is 28.3. The predicted octanol–water partition coefficient (Wildman–Crippen LogP) is 9.67. The Balaban J connectivity index is 0.971. The van der Waals surface area contributed by atoms with Gasteiger partial charge < -0.3 is 9.80 Å². The molecule has 0 spiro atoms. The van der Waals surface area contributed by atoms with Crippen LogP contribution in [0.25, 0.3) is 11.1 Å². The topological polar surface area (TPSA) is 6.48 Å². The maximum Gasteiger partial charge on any atom is 0.184 e. The number of rotatable bonds is 7. The van der Waals surface area contributed by atoms with Gasteiger partial charge in [0.05, 0.1) is 0 Å². The van der Waals surface area contributed by atoms with E-state index in [4.69, 9.17) is 0 Å². The van der Waals surface area contributed by atoms with Crippen LogP contribution in [0, 0.1) is 0 Å². The number of fused-ring (bicyclic) bond motifs is 4. The van der Waals surface area contributed by atoms with Crippen molar-refractivity contribution in [2.24, 2.45) is 0 Å². The lowest BCUT2D eigenvalue weighted by atomic mass is 10.0. The molecule has 0 fully saturated rings. The van der Waals surface area contributed by atoms with Gasteiger partial charge in [0, 0.05) is 34.1 Å². The summed E-state index contributed by atoms with van der Waals surface area (Å²) in [4.78, 5) is 4.98. The highest BCUT2D eigenvalue weighted by molar-refractivity contribution is 7.22. The molecule has 10 aromatic carbocycles. The van der Waals surface area contributed by atoms with Gasteiger partial charge in [0.25, 0.3) is 0 Å². The second-order valence-corrected chi connectivity index (χ2v) is 24.3. The molecule has 2 nitrogen and oxygen atoms in total. The van der Waals surface area contributed by atoms with Crippen LogP contribution in [-0.2, 0) is 0 Å². The summed E-state index contributed by atoms with van der Waals surface area (Å²) in [6.45, 7) is 0. The van der Waals surface area contributed by atoms with Gasteiger partial charge in [-0.3, -0.25) is 0 Å². The molecule has 0 aromatic heterocycles. The fourth-order valence-electron chi connectivity index (χ4n) is 11.0. The zero-order chi connectivity index (χ0) is 42.5. The second-order valence-electron chi connectivity index (χ2n) is 16.8. The van der Waals surface area contributed by atoms with Gasteiger partial charge in [0.2, 0.25) is 0 Å². The van der Waals surface area contributed by atoms with Gasteiger partial charge in [-0.15, -0.1) is 0 Å². The first-order valence-corrected chi connectivity index (χ1v) is 26.2. The van der Waals surface area contributed by atoms with Crippen LogP contribution in [0.5, 0.6) is 0 Å². The van der Waals surface area contributed by atoms with Crippen molar-refractivity contribution >= 4 is 91.8 Å². The van der Waals surface area contributed by atoms with E-state index in [1.165, 1.54) is 75.4 Å². The van der Waals surface area contributed by atoms with Crippen LogP contribution in [-0.4, -0.2) is 16.1 Å². The smallest absolute Gasteiger partial charge is 0.184 e. The van der Waals surface area contributed by atoms with E-state index in [0.29, 0.717) is 0 Å². The molecule has 0 saturated heterocycles. The van der Waals surface area contributed by atoms with Crippen LogP contribution in [0.1, 0.15) is 0 Å². The van der Waals surface area contributed by atoms with Crippen LogP contribution >= 0.6 is 0 Å². The molecule has 12 rings (SSSR count). The minimum Gasteiger partial charge on any atom is -0.311 e. The number of hydrogen-bond donors (Lipinski definition) is 0. The van der Waals surface area contributed by atoms with E-state index in [0.717, 1.165) is 11.4 Å². The number of hydrogen-bond acceptors (Lipinski definition) is 2. The quantitative estimate of drug-likeness (QED) is 0.148. The van der Waals surface area contributed by atoms with Crippen molar-refractivity contribution in [3.8, 4) is 11.1 Å². The lowest BCUT2D eigenvalue weighted by Gasteiger charge is -2.45. The SMILES string of the molecule is c1ccc([Si]2(c3ccccc3)c3ccccc3N(c3ccc(-c4cccc(N5c6ccccc6[Si](c6ccccc6)(c6ccccc6)c6ccccc65)c4)cc3)c3ccccc32)cc1. The number of nitrogens with zero attached hydrogens (tertiary/aromatic N) is 2. The Morgan fingerprint density at radius 3 is 0.891 bits per heavy atom. The average Bonchev–Trinajstić information content (AvgIpc) is 3.38. The molecule has 64 heavy (non-hydrogen) atoms. The third-order valence-electron chi connectivity index (χ3n) is 13.6. The molecule has 4 heteroatoms. The zero-order valence-corrected chi connectivity index (χ0v) is 37.3. The van der Waals surface area contributed by atoms with E-state index in [-0.39, 0.29) is 0 Å². The van der Waals surface area contributed by atoms with Crippen molar-refractivity contribution < 1.29 is 0 Å². The van der Waals surface area contributed by atoms with Crippen molar-refractivity contribution in [3.63, 3.8) is 0 Å². The van der Waals surface area contributed by atoms with E-state index in [1.807, 2.05) is 0 Å². The van der Waals surface area contributed by atoms with Crippen molar-refractivity contribution in [1.82, 2.24) is 0 Å². The van der Waals surface area contributed by atoms with Crippen LogP contribution in [0.4, 0.5) is 34.1 Å². The molecule has 2 heterocycles. The summed E-state index contributed by atoms with van der Waals surface area (Å²) in [5.41, 5.74) is 9.60. The summed E-state index contributed by atoms with van der Waals surface area (Å²) in [6, 6.07) is 99.7. The van der Waals surface area contributed by atoms with Crippen LogP contribution in [0.3, 0.4) is 0 Å². The lowest BCUT2D eigenvalue weighted by molar-refractivity contribution is 1.28. The molecule has 0 saturated carbocycles. The van der Waals surface area contributed by atoms with Gasteiger partial charge in [0.1, 0.15) is 0 Å². The molecule has 302 valence electrons. The summed E-state index contributed by atoms with van der Waals surface area (Å²) in [5, 5.41) is 11.2. The van der Waals surface area contributed by atoms with Gasteiger partial charge in [0.15, 0.2) is 16.1 Å². The van der Waals surface area contributed by atoms with E-state index < -0.39 is 16.1 Å². The molecule has 0 bridgehead atoms. The minimum absolute atomic E-state index is 1.14. The summed E-state index contributed by atoms with van der Waals surface area (Å²) >= 11 is 0. The molecule has 0 atom stereocenters. The first-order valence-electron chi connectivity index (χ1n) is 22.2. The van der Waals surface area contributed by atoms with Crippen LogP contribution in [0.2, 0.25) is 0 Å². The Labute approximate surface area is 377 Å². The zero-order valence-electron chi connectivity index (χ0n) is 35.3. The summed E-state index contributed by atoms with van der Waals surface area (Å²) in [5.74, 6) is 0. The molecular formula is C60H44N2Si2. The van der Waals surface area contributed by atoms with Gasteiger partial charge in [-0.1, -0.05) is 218 Å². The summed E-state index contributed by atoms with van der Waals surface area (Å²) < 4.78 is 0. The Bertz CT molecular complexity index is 3100. The van der Waals surface area contributed by atoms with E-state index in [1.54, 1.807) is 0 Å². The number of benzene rings is 10. The molecule has 2 aliphatic heterocycles. The fourth-order valence-corrected chi connectivity index (χ4v) is 21.2. The second kappa shape index (κ2) is 15.5. The van der Waals surface area contributed by atoms with Gasteiger partial charge >= 0.3 is 0 Å². The highest BCUT2D eigenvalue weighted by Gasteiger charge is 2.50. The maximum atomic E-state index is 2.50. The molecule has 2 aliphatic rings. The maximum absolute atomic E-state index is 2.69. The monoisotopic (exact) mass is 848 g/mol. The van der Waals surface area contributed by atoms with Gasteiger partial charge in [-0.25, -0.2) is 0 Å². The normalized spacial score (nSPS) is 14.1. The Kier molecular flexibility index (Phi) is 9.22. The molecule has 0 radical (unpaired) electrons. The average molecular weight is 849 g/mol. The van der Waals surface area contributed by atoms with Gasteiger partial charge in [-0.2, -0.15) is 0 Å². The van der Waals surface area contributed by atoms with E-state index >= 15 is 0 Å². The van der Waals surface area contributed by atoms with Crippen molar-refractivity contribution in [3.05, 3.63) is 267 Å². The molecule has 0 N–H and O–H groups in total. The van der Waals surface area contributed by atoms with Crippen LogP contribution in [0.15, 0.2) is 267 Å². The van der Waals surface area contributed by atoms with Gasteiger partial charge in [-0.05, 0) is 101 Å². The van der Waals surface area contributed by atoms with Crippen molar-refractivity contribution in [2.75, 3.05) is 9.80 Å². The molecule has 0 amide bonds. The Morgan fingerprint density at radius 1 is 0.219 bits per heavy atom. The largest absolute Gasteiger partial charge is 0.311 e.